The largest absolute Gasteiger partial charge is 0.469 e. The number of benzene rings is 2. The zero-order valence-electron chi connectivity index (χ0n) is 13.2. The molecule has 1 heterocycles. The molecule has 2 heteroatoms. The normalized spacial score (nSPS) is 16.1. The molecule has 0 saturated heterocycles. The molecule has 1 unspecified atom stereocenters. The molecule has 0 radical (unpaired) electrons. The molecule has 2 aromatic carbocycles. The maximum atomic E-state index is 6.11. The van der Waals surface area contributed by atoms with E-state index in [4.69, 9.17) is 4.74 Å². The van der Waals surface area contributed by atoms with Crippen LogP contribution in [-0.2, 0) is 6.42 Å². The molecule has 1 aliphatic carbocycles. The van der Waals surface area contributed by atoms with E-state index in [1.807, 2.05) is 18.2 Å². The molecule has 114 valence electrons. The van der Waals surface area contributed by atoms with Gasteiger partial charge in [0.1, 0.15) is 6.10 Å². The van der Waals surface area contributed by atoms with Gasteiger partial charge in [-0.1, -0.05) is 54.1 Å². The summed E-state index contributed by atoms with van der Waals surface area (Å²) in [5, 5.41) is 0. The second-order valence-corrected chi connectivity index (χ2v) is 6.06. The minimum Gasteiger partial charge on any atom is -0.469 e. The quantitative estimate of drug-likeness (QED) is 0.669. The fourth-order valence-corrected chi connectivity index (χ4v) is 3.38. The third kappa shape index (κ3) is 2.72. The van der Waals surface area contributed by atoms with Crippen LogP contribution in [0.25, 0.3) is 11.1 Å². The van der Waals surface area contributed by atoms with E-state index in [-0.39, 0.29) is 6.10 Å². The van der Waals surface area contributed by atoms with Crippen LogP contribution in [0.4, 0.5) is 0 Å². The summed E-state index contributed by atoms with van der Waals surface area (Å²) in [6.45, 7) is 2.14. The molecule has 0 saturated carbocycles. The summed E-state index contributed by atoms with van der Waals surface area (Å²) in [6, 6.07) is 21.0. The lowest BCUT2D eigenvalue weighted by Gasteiger charge is -2.15. The SMILES string of the molecule is Cc1cccc(-c2cccc3c2CCC3Oc2ccccn2)c1. The standard InChI is InChI=1S/C21H19NO/c1-15-6-4-7-16(14-15)17-8-5-9-19-18(17)11-12-20(19)23-21-10-2-3-13-22-21/h2-10,13-14,20H,11-12H2,1H3. The predicted octanol–water partition coefficient (Wildman–Crippen LogP) is 5.12. The highest BCUT2D eigenvalue weighted by atomic mass is 16.5. The average molecular weight is 301 g/mol. The molecular formula is C21H19NO. The lowest BCUT2D eigenvalue weighted by molar-refractivity contribution is 0.199. The number of rotatable bonds is 3. The molecule has 3 aromatic rings. The highest BCUT2D eigenvalue weighted by molar-refractivity contribution is 5.70. The fraction of sp³-hybridized carbons (Fsp3) is 0.190. The monoisotopic (exact) mass is 301 g/mol. The minimum atomic E-state index is 0.102. The first kappa shape index (κ1) is 14.0. The van der Waals surface area contributed by atoms with Crippen molar-refractivity contribution in [2.45, 2.75) is 25.9 Å². The predicted molar refractivity (Wildman–Crippen MR) is 92.5 cm³/mol. The van der Waals surface area contributed by atoms with Crippen LogP contribution in [0.15, 0.2) is 66.9 Å². The fourth-order valence-electron chi connectivity index (χ4n) is 3.38. The maximum Gasteiger partial charge on any atom is 0.213 e. The Kier molecular flexibility index (Phi) is 3.58. The van der Waals surface area contributed by atoms with E-state index in [0.29, 0.717) is 5.88 Å². The van der Waals surface area contributed by atoms with Crippen LogP contribution in [-0.4, -0.2) is 4.98 Å². The molecule has 23 heavy (non-hydrogen) atoms. The number of aryl methyl sites for hydroxylation is 1. The number of aromatic nitrogens is 1. The Morgan fingerprint density at radius 3 is 2.74 bits per heavy atom. The van der Waals surface area contributed by atoms with Crippen molar-refractivity contribution in [1.82, 2.24) is 4.98 Å². The van der Waals surface area contributed by atoms with E-state index in [2.05, 4.69) is 54.4 Å². The number of nitrogens with zero attached hydrogens (tertiary/aromatic N) is 1. The molecule has 0 bridgehead atoms. The molecule has 0 fully saturated rings. The molecule has 4 rings (SSSR count). The third-order valence-corrected chi connectivity index (χ3v) is 4.45. The first-order valence-corrected chi connectivity index (χ1v) is 8.08. The van der Waals surface area contributed by atoms with Crippen molar-refractivity contribution in [2.75, 3.05) is 0 Å². The smallest absolute Gasteiger partial charge is 0.213 e. The van der Waals surface area contributed by atoms with E-state index in [1.165, 1.54) is 27.8 Å². The molecule has 0 amide bonds. The summed E-state index contributed by atoms with van der Waals surface area (Å²) >= 11 is 0. The Balaban J connectivity index is 1.69. The molecular weight excluding hydrogens is 282 g/mol. The van der Waals surface area contributed by atoms with Gasteiger partial charge in [-0.3, -0.25) is 0 Å². The van der Waals surface area contributed by atoms with Crippen molar-refractivity contribution in [2.24, 2.45) is 0 Å². The van der Waals surface area contributed by atoms with Gasteiger partial charge in [0.25, 0.3) is 0 Å². The summed E-state index contributed by atoms with van der Waals surface area (Å²) < 4.78 is 6.11. The van der Waals surface area contributed by atoms with Crippen molar-refractivity contribution in [3.63, 3.8) is 0 Å². The summed E-state index contributed by atoms with van der Waals surface area (Å²) in [5.41, 5.74) is 6.63. The van der Waals surface area contributed by atoms with Crippen molar-refractivity contribution >= 4 is 0 Å². The van der Waals surface area contributed by atoms with E-state index in [1.54, 1.807) is 6.20 Å². The minimum absolute atomic E-state index is 0.102. The Morgan fingerprint density at radius 1 is 1.00 bits per heavy atom. The lowest BCUT2D eigenvalue weighted by atomic mass is 9.96. The molecule has 1 atom stereocenters. The van der Waals surface area contributed by atoms with Crippen molar-refractivity contribution in [1.29, 1.82) is 0 Å². The summed E-state index contributed by atoms with van der Waals surface area (Å²) in [5.74, 6) is 0.700. The van der Waals surface area contributed by atoms with Gasteiger partial charge >= 0.3 is 0 Å². The van der Waals surface area contributed by atoms with Crippen molar-refractivity contribution in [3.05, 3.63) is 83.6 Å². The second-order valence-electron chi connectivity index (χ2n) is 6.06. The number of ether oxygens (including phenoxy) is 1. The highest BCUT2D eigenvalue weighted by Crippen LogP contribution is 2.39. The first-order chi connectivity index (χ1) is 11.3. The van der Waals surface area contributed by atoms with E-state index < -0.39 is 0 Å². The number of hydrogen-bond donors (Lipinski definition) is 0. The van der Waals surface area contributed by atoms with Gasteiger partial charge in [-0.15, -0.1) is 0 Å². The van der Waals surface area contributed by atoms with Crippen LogP contribution >= 0.6 is 0 Å². The molecule has 1 aromatic heterocycles. The number of hydrogen-bond acceptors (Lipinski definition) is 2. The number of pyridine rings is 1. The van der Waals surface area contributed by atoms with E-state index in [0.717, 1.165) is 12.8 Å². The Bertz CT molecular complexity index is 826. The van der Waals surface area contributed by atoms with Gasteiger partial charge in [0.2, 0.25) is 5.88 Å². The Labute approximate surface area is 136 Å². The van der Waals surface area contributed by atoms with E-state index in [9.17, 15) is 0 Å². The maximum absolute atomic E-state index is 6.11. The van der Waals surface area contributed by atoms with Crippen molar-refractivity contribution in [3.8, 4) is 17.0 Å². The average Bonchev–Trinajstić information content (AvgIpc) is 2.99. The molecule has 0 aliphatic heterocycles. The number of fused-ring (bicyclic) bond motifs is 1. The van der Waals surface area contributed by atoms with Gasteiger partial charge in [0.05, 0.1) is 0 Å². The molecule has 1 aliphatic rings. The third-order valence-electron chi connectivity index (χ3n) is 4.45. The van der Waals surface area contributed by atoms with Crippen LogP contribution in [0.5, 0.6) is 5.88 Å². The molecule has 0 spiro atoms. The first-order valence-electron chi connectivity index (χ1n) is 8.08. The summed E-state index contributed by atoms with van der Waals surface area (Å²) in [7, 11) is 0. The van der Waals surface area contributed by atoms with Crippen molar-refractivity contribution < 1.29 is 4.74 Å². The zero-order valence-corrected chi connectivity index (χ0v) is 13.2. The Morgan fingerprint density at radius 2 is 1.91 bits per heavy atom. The van der Waals surface area contributed by atoms with Crippen LogP contribution in [0.2, 0.25) is 0 Å². The van der Waals surface area contributed by atoms with Crippen LogP contribution in [0.3, 0.4) is 0 Å². The van der Waals surface area contributed by atoms with Gasteiger partial charge in [-0.05, 0) is 48.1 Å². The summed E-state index contributed by atoms with van der Waals surface area (Å²) in [4.78, 5) is 4.29. The van der Waals surface area contributed by atoms with Gasteiger partial charge in [0, 0.05) is 12.3 Å². The van der Waals surface area contributed by atoms with E-state index >= 15 is 0 Å². The van der Waals surface area contributed by atoms with Crippen LogP contribution in [0, 0.1) is 6.92 Å². The second kappa shape index (κ2) is 5.88. The van der Waals surface area contributed by atoms with Crippen LogP contribution < -0.4 is 4.74 Å². The van der Waals surface area contributed by atoms with Crippen LogP contribution in [0.1, 0.15) is 29.2 Å². The molecule has 0 N–H and O–H groups in total. The Hall–Kier alpha value is -2.61. The van der Waals surface area contributed by atoms with Gasteiger partial charge in [-0.25, -0.2) is 4.98 Å². The lowest BCUT2D eigenvalue weighted by Crippen LogP contribution is -2.04. The van der Waals surface area contributed by atoms with Gasteiger partial charge in [0.15, 0.2) is 0 Å². The van der Waals surface area contributed by atoms with Gasteiger partial charge < -0.3 is 4.74 Å². The molecule has 2 nitrogen and oxygen atoms in total. The summed E-state index contributed by atoms with van der Waals surface area (Å²) in [6.07, 6.45) is 3.93. The zero-order chi connectivity index (χ0) is 15.6. The topological polar surface area (TPSA) is 22.1 Å². The van der Waals surface area contributed by atoms with Gasteiger partial charge in [-0.2, -0.15) is 0 Å². The highest BCUT2D eigenvalue weighted by Gasteiger charge is 2.26.